The van der Waals surface area contributed by atoms with E-state index in [2.05, 4.69) is 31.1 Å². The molecule has 1 saturated carbocycles. The molecule has 0 unspecified atom stereocenters. The molecular formula is C12H20OSi. The van der Waals surface area contributed by atoms with Crippen molar-refractivity contribution >= 4 is 8.07 Å². The third-order valence-corrected chi connectivity index (χ3v) is 3.95. The zero-order valence-corrected chi connectivity index (χ0v) is 10.5. The Hall–Kier alpha value is -0.263. The highest BCUT2D eigenvalue weighted by atomic mass is 28.3. The molecule has 1 spiro atoms. The van der Waals surface area contributed by atoms with Crippen LogP contribution in [0.25, 0.3) is 0 Å². The van der Waals surface area contributed by atoms with Crippen LogP contribution in [0.3, 0.4) is 0 Å². The topological polar surface area (TPSA) is 12.5 Å². The second-order valence-electron chi connectivity index (χ2n) is 5.64. The first kappa shape index (κ1) is 10.3. The molecule has 0 aromatic rings. The Morgan fingerprint density at radius 3 is 2.36 bits per heavy atom. The molecule has 2 heteroatoms. The first-order valence-corrected chi connectivity index (χ1v) is 9.22. The summed E-state index contributed by atoms with van der Waals surface area (Å²) in [6, 6.07) is 0. The predicted molar refractivity (Wildman–Crippen MR) is 61.8 cm³/mol. The molecule has 1 aliphatic heterocycles. The van der Waals surface area contributed by atoms with Crippen LogP contribution in [0.15, 0.2) is 0 Å². The molecule has 2 aliphatic rings. The van der Waals surface area contributed by atoms with E-state index in [4.69, 9.17) is 4.74 Å². The van der Waals surface area contributed by atoms with Crippen LogP contribution < -0.4 is 0 Å². The summed E-state index contributed by atoms with van der Waals surface area (Å²) in [5, 5.41) is 0. The van der Waals surface area contributed by atoms with Crippen LogP contribution >= 0.6 is 0 Å². The van der Waals surface area contributed by atoms with Gasteiger partial charge in [-0.15, -0.1) is 5.54 Å². The molecule has 0 radical (unpaired) electrons. The number of ether oxygens (including phenoxy) is 1. The van der Waals surface area contributed by atoms with E-state index in [0.29, 0.717) is 0 Å². The van der Waals surface area contributed by atoms with E-state index in [1.165, 1.54) is 32.1 Å². The fourth-order valence-corrected chi connectivity index (χ4v) is 2.74. The lowest BCUT2D eigenvalue weighted by atomic mass is 9.87. The zero-order chi connectivity index (χ0) is 10.2. The van der Waals surface area contributed by atoms with Gasteiger partial charge in [-0.25, -0.2) is 0 Å². The summed E-state index contributed by atoms with van der Waals surface area (Å²) >= 11 is 0. The van der Waals surface area contributed by atoms with Crippen LogP contribution in [0.4, 0.5) is 0 Å². The zero-order valence-electron chi connectivity index (χ0n) is 9.52. The molecule has 1 heterocycles. The molecule has 2 fully saturated rings. The van der Waals surface area contributed by atoms with Crippen molar-refractivity contribution in [3.05, 3.63) is 0 Å². The Bertz CT molecular complexity index is 273. The van der Waals surface area contributed by atoms with Gasteiger partial charge in [-0.1, -0.05) is 44.8 Å². The largest absolute Gasteiger partial charge is 0.352 e. The van der Waals surface area contributed by atoms with Gasteiger partial charge in [-0.05, 0) is 12.8 Å². The summed E-state index contributed by atoms with van der Waals surface area (Å²) in [7, 11) is -1.20. The van der Waals surface area contributed by atoms with Crippen molar-refractivity contribution in [3.63, 3.8) is 0 Å². The fourth-order valence-electron chi connectivity index (χ4n) is 2.17. The number of hydrogen-bond donors (Lipinski definition) is 0. The summed E-state index contributed by atoms with van der Waals surface area (Å²) in [6.07, 6.45) is 6.85. The lowest BCUT2D eigenvalue weighted by Crippen LogP contribution is -2.20. The van der Waals surface area contributed by atoms with E-state index >= 15 is 0 Å². The molecule has 1 aliphatic carbocycles. The minimum absolute atomic E-state index is 0.213. The van der Waals surface area contributed by atoms with Crippen molar-refractivity contribution in [1.82, 2.24) is 0 Å². The lowest BCUT2D eigenvalue weighted by Gasteiger charge is -2.16. The van der Waals surface area contributed by atoms with Crippen LogP contribution in [0.5, 0.6) is 0 Å². The molecule has 14 heavy (non-hydrogen) atoms. The SMILES string of the molecule is C[Si](C)(C)C#C[C@H]1OC12CCCCC2. The molecule has 2 rings (SSSR count). The standard InChI is InChI=1S/C12H20OSi/c1-14(2,3)10-7-11-12(13-11)8-5-4-6-9-12/h11H,4-6,8-9H2,1-3H3/t11-/m1/s1. The smallest absolute Gasteiger partial charge is 0.147 e. The minimum Gasteiger partial charge on any atom is -0.352 e. The average Bonchev–Trinajstić information content (AvgIpc) is 2.76. The first-order chi connectivity index (χ1) is 6.52. The van der Waals surface area contributed by atoms with E-state index in [9.17, 15) is 0 Å². The van der Waals surface area contributed by atoms with Crippen LogP contribution in [0, 0.1) is 11.5 Å². The maximum atomic E-state index is 5.79. The predicted octanol–water partition coefficient (Wildman–Crippen LogP) is 2.97. The van der Waals surface area contributed by atoms with Crippen LogP contribution in [-0.4, -0.2) is 19.8 Å². The van der Waals surface area contributed by atoms with E-state index in [0.717, 1.165) is 0 Å². The third kappa shape index (κ3) is 2.21. The fraction of sp³-hybridized carbons (Fsp3) is 0.833. The van der Waals surface area contributed by atoms with Crippen molar-refractivity contribution in [1.29, 1.82) is 0 Å². The van der Waals surface area contributed by atoms with Gasteiger partial charge in [0.2, 0.25) is 0 Å². The number of epoxide rings is 1. The molecule has 0 amide bonds. The normalized spacial score (nSPS) is 29.5. The second kappa shape index (κ2) is 3.39. The van der Waals surface area contributed by atoms with Crippen molar-refractivity contribution in [3.8, 4) is 11.5 Å². The second-order valence-corrected chi connectivity index (χ2v) is 10.4. The van der Waals surface area contributed by atoms with E-state index in [-0.39, 0.29) is 11.7 Å². The van der Waals surface area contributed by atoms with Gasteiger partial charge < -0.3 is 4.74 Å². The van der Waals surface area contributed by atoms with Gasteiger partial charge in [0.05, 0.1) is 0 Å². The highest BCUT2D eigenvalue weighted by molar-refractivity contribution is 6.83. The van der Waals surface area contributed by atoms with E-state index < -0.39 is 8.07 Å². The minimum atomic E-state index is -1.20. The maximum absolute atomic E-state index is 5.79. The Kier molecular flexibility index (Phi) is 2.49. The Morgan fingerprint density at radius 1 is 1.14 bits per heavy atom. The van der Waals surface area contributed by atoms with Gasteiger partial charge in [0.1, 0.15) is 19.8 Å². The molecule has 1 nitrogen and oxygen atoms in total. The van der Waals surface area contributed by atoms with Gasteiger partial charge in [0.25, 0.3) is 0 Å². The molecular weight excluding hydrogens is 188 g/mol. The van der Waals surface area contributed by atoms with Crippen LogP contribution in [0.1, 0.15) is 32.1 Å². The quantitative estimate of drug-likeness (QED) is 0.339. The molecule has 78 valence electrons. The van der Waals surface area contributed by atoms with Crippen molar-refractivity contribution in [2.45, 2.75) is 63.5 Å². The molecule has 0 aromatic heterocycles. The van der Waals surface area contributed by atoms with Gasteiger partial charge in [-0.3, -0.25) is 0 Å². The van der Waals surface area contributed by atoms with Crippen molar-refractivity contribution in [2.24, 2.45) is 0 Å². The van der Waals surface area contributed by atoms with Gasteiger partial charge >= 0.3 is 0 Å². The molecule has 1 atom stereocenters. The maximum Gasteiger partial charge on any atom is 0.147 e. The van der Waals surface area contributed by atoms with Crippen LogP contribution in [0.2, 0.25) is 19.6 Å². The van der Waals surface area contributed by atoms with Crippen molar-refractivity contribution < 1.29 is 4.74 Å². The lowest BCUT2D eigenvalue weighted by molar-refractivity contribution is 0.235. The summed E-state index contributed by atoms with van der Waals surface area (Å²) in [5.74, 6) is 3.35. The summed E-state index contributed by atoms with van der Waals surface area (Å²) in [4.78, 5) is 0. The Balaban J connectivity index is 1.94. The first-order valence-electron chi connectivity index (χ1n) is 5.72. The van der Waals surface area contributed by atoms with Gasteiger partial charge in [-0.2, -0.15) is 0 Å². The van der Waals surface area contributed by atoms with E-state index in [1.807, 2.05) is 0 Å². The van der Waals surface area contributed by atoms with Gasteiger partial charge in [0.15, 0.2) is 0 Å². The summed E-state index contributed by atoms with van der Waals surface area (Å²) in [6.45, 7) is 6.86. The molecule has 0 N–H and O–H groups in total. The van der Waals surface area contributed by atoms with Crippen molar-refractivity contribution in [2.75, 3.05) is 0 Å². The monoisotopic (exact) mass is 208 g/mol. The highest BCUT2D eigenvalue weighted by Gasteiger charge is 2.55. The number of hydrogen-bond acceptors (Lipinski definition) is 1. The average molecular weight is 208 g/mol. The summed E-state index contributed by atoms with van der Waals surface area (Å²) < 4.78 is 5.79. The van der Waals surface area contributed by atoms with Crippen LogP contribution in [-0.2, 0) is 4.74 Å². The Labute approximate surface area is 88.2 Å². The Morgan fingerprint density at radius 2 is 1.79 bits per heavy atom. The molecule has 1 saturated heterocycles. The van der Waals surface area contributed by atoms with E-state index in [1.54, 1.807) is 0 Å². The van der Waals surface area contributed by atoms with Gasteiger partial charge in [0, 0.05) is 0 Å². The highest BCUT2D eigenvalue weighted by Crippen LogP contribution is 2.47. The third-order valence-electron chi connectivity index (χ3n) is 3.05. The number of rotatable bonds is 0. The molecule has 0 bridgehead atoms. The molecule has 0 aromatic carbocycles. The summed E-state index contributed by atoms with van der Waals surface area (Å²) in [5.41, 5.74) is 3.63.